The second kappa shape index (κ2) is 5.79. The molecule has 1 aliphatic carbocycles. The van der Waals surface area contributed by atoms with Crippen molar-refractivity contribution in [2.75, 3.05) is 0 Å². The Labute approximate surface area is 98.1 Å². The van der Waals surface area contributed by atoms with Crippen LogP contribution in [0.15, 0.2) is 11.6 Å². The molecule has 0 spiro atoms. The van der Waals surface area contributed by atoms with E-state index in [2.05, 4.69) is 19.9 Å². The number of halogens is 2. The van der Waals surface area contributed by atoms with Gasteiger partial charge in [0.25, 0.3) is 0 Å². The molecule has 0 bridgehead atoms. The van der Waals surface area contributed by atoms with Crippen LogP contribution in [0.4, 0.5) is 8.78 Å². The van der Waals surface area contributed by atoms with Crippen molar-refractivity contribution < 1.29 is 8.78 Å². The molecule has 0 heterocycles. The van der Waals surface area contributed by atoms with Crippen molar-refractivity contribution >= 4 is 0 Å². The van der Waals surface area contributed by atoms with Crippen LogP contribution in [-0.4, -0.2) is 6.43 Å². The molecule has 0 aromatic rings. The lowest BCUT2D eigenvalue weighted by molar-refractivity contribution is 0.0482. The maximum Gasteiger partial charge on any atom is 0.241 e. The minimum absolute atomic E-state index is 0.0793. The molecule has 94 valence electrons. The van der Waals surface area contributed by atoms with Gasteiger partial charge in [0.1, 0.15) is 0 Å². The molecular formula is C14H24F2. The third-order valence-electron chi connectivity index (χ3n) is 3.87. The first kappa shape index (κ1) is 13.7. The van der Waals surface area contributed by atoms with E-state index >= 15 is 0 Å². The summed E-state index contributed by atoms with van der Waals surface area (Å²) in [6.07, 6.45) is 5.71. The Kier molecular flexibility index (Phi) is 4.94. The van der Waals surface area contributed by atoms with E-state index in [1.54, 1.807) is 0 Å². The van der Waals surface area contributed by atoms with Crippen molar-refractivity contribution in [3.8, 4) is 0 Å². The van der Waals surface area contributed by atoms with Gasteiger partial charge in [-0.3, -0.25) is 0 Å². The Morgan fingerprint density at radius 3 is 2.44 bits per heavy atom. The number of hydrogen-bond acceptors (Lipinski definition) is 0. The van der Waals surface area contributed by atoms with Gasteiger partial charge >= 0.3 is 0 Å². The zero-order chi connectivity index (χ0) is 12.2. The van der Waals surface area contributed by atoms with Gasteiger partial charge in [-0.1, -0.05) is 31.9 Å². The van der Waals surface area contributed by atoms with Crippen molar-refractivity contribution in [3.05, 3.63) is 11.6 Å². The van der Waals surface area contributed by atoms with Crippen molar-refractivity contribution in [2.45, 2.75) is 65.7 Å². The maximum absolute atomic E-state index is 12.8. The number of allylic oxidation sites excluding steroid dienone is 2. The highest BCUT2D eigenvalue weighted by Crippen LogP contribution is 2.46. The van der Waals surface area contributed by atoms with Crippen LogP contribution < -0.4 is 0 Å². The quantitative estimate of drug-likeness (QED) is 0.550. The first-order valence-corrected chi connectivity index (χ1v) is 6.49. The van der Waals surface area contributed by atoms with Gasteiger partial charge in [-0.05, 0) is 44.4 Å². The molecule has 0 fully saturated rings. The fourth-order valence-corrected chi connectivity index (χ4v) is 3.01. The summed E-state index contributed by atoms with van der Waals surface area (Å²) in [6.45, 7) is 6.15. The molecular weight excluding hydrogens is 206 g/mol. The van der Waals surface area contributed by atoms with Crippen LogP contribution in [0.2, 0.25) is 0 Å². The maximum atomic E-state index is 12.8. The van der Waals surface area contributed by atoms with Gasteiger partial charge in [0.15, 0.2) is 0 Å². The van der Waals surface area contributed by atoms with Gasteiger partial charge in [-0.25, -0.2) is 8.78 Å². The molecule has 0 radical (unpaired) electrons. The Bertz CT molecular complexity index is 245. The van der Waals surface area contributed by atoms with Crippen molar-refractivity contribution in [2.24, 2.45) is 11.3 Å². The van der Waals surface area contributed by atoms with Gasteiger partial charge in [0.2, 0.25) is 6.43 Å². The molecule has 2 heteroatoms. The molecule has 1 rings (SSSR count). The highest BCUT2D eigenvalue weighted by atomic mass is 19.3. The number of rotatable bonds is 6. The van der Waals surface area contributed by atoms with Crippen LogP contribution in [0, 0.1) is 11.3 Å². The first-order chi connectivity index (χ1) is 7.53. The summed E-state index contributed by atoms with van der Waals surface area (Å²) in [5, 5.41) is 0. The lowest BCUT2D eigenvalue weighted by Crippen LogP contribution is -2.23. The SMILES string of the molecule is CCC[C@@]1(C[C@H](CC)C(F)F)C=C(C)CC1. The number of alkyl halides is 2. The predicted molar refractivity (Wildman–Crippen MR) is 64.7 cm³/mol. The zero-order valence-corrected chi connectivity index (χ0v) is 10.7. The Balaban J connectivity index is 2.71. The molecule has 2 atom stereocenters. The van der Waals surface area contributed by atoms with E-state index in [0.717, 1.165) is 25.7 Å². The molecule has 0 saturated heterocycles. The van der Waals surface area contributed by atoms with Crippen LogP contribution >= 0.6 is 0 Å². The highest BCUT2D eigenvalue weighted by Gasteiger charge is 2.35. The van der Waals surface area contributed by atoms with E-state index in [0.29, 0.717) is 12.8 Å². The standard InChI is InChI=1S/C14H24F2/c1-4-7-14(8-6-11(3)9-14)10-12(5-2)13(15)16/h9,12-13H,4-8,10H2,1-3H3/t12-,14-/m0/s1. The summed E-state index contributed by atoms with van der Waals surface area (Å²) in [5.74, 6) is -0.423. The number of hydrogen-bond donors (Lipinski definition) is 0. The summed E-state index contributed by atoms with van der Waals surface area (Å²) in [4.78, 5) is 0. The summed E-state index contributed by atoms with van der Waals surface area (Å²) in [6, 6.07) is 0. The van der Waals surface area contributed by atoms with Gasteiger partial charge in [-0.2, -0.15) is 0 Å². The highest BCUT2D eigenvalue weighted by molar-refractivity contribution is 5.15. The van der Waals surface area contributed by atoms with E-state index in [9.17, 15) is 8.78 Å². The summed E-state index contributed by atoms with van der Waals surface area (Å²) in [7, 11) is 0. The second-order valence-corrected chi connectivity index (χ2v) is 5.31. The van der Waals surface area contributed by atoms with Gasteiger partial charge in [0.05, 0.1) is 0 Å². The molecule has 16 heavy (non-hydrogen) atoms. The molecule has 0 aliphatic heterocycles. The molecule has 0 N–H and O–H groups in total. The normalized spacial score (nSPS) is 27.2. The Morgan fingerprint density at radius 2 is 2.06 bits per heavy atom. The molecule has 1 aliphatic rings. The van der Waals surface area contributed by atoms with E-state index < -0.39 is 12.3 Å². The van der Waals surface area contributed by atoms with Gasteiger partial charge in [-0.15, -0.1) is 0 Å². The molecule has 0 nitrogen and oxygen atoms in total. The Hall–Kier alpha value is -0.400. The fraction of sp³-hybridized carbons (Fsp3) is 0.857. The zero-order valence-electron chi connectivity index (χ0n) is 10.7. The van der Waals surface area contributed by atoms with E-state index in [4.69, 9.17) is 0 Å². The van der Waals surface area contributed by atoms with E-state index in [1.165, 1.54) is 5.57 Å². The van der Waals surface area contributed by atoms with Crippen molar-refractivity contribution in [1.82, 2.24) is 0 Å². The summed E-state index contributed by atoms with van der Waals surface area (Å²) < 4.78 is 25.7. The van der Waals surface area contributed by atoms with Gasteiger partial charge < -0.3 is 0 Å². The third-order valence-corrected chi connectivity index (χ3v) is 3.87. The average molecular weight is 230 g/mol. The smallest absolute Gasteiger partial charge is 0.210 e. The van der Waals surface area contributed by atoms with Crippen LogP contribution in [-0.2, 0) is 0 Å². The van der Waals surface area contributed by atoms with Crippen LogP contribution in [0.1, 0.15) is 59.3 Å². The van der Waals surface area contributed by atoms with E-state index in [-0.39, 0.29) is 5.41 Å². The van der Waals surface area contributed by atoms with Gasteiger partial charge in [0, 0.05) is 5.92 Å². The topological polar surface area (TPSA) is 0 Å². The van der Waals surface area contributed by atoms with Crippen LogP contribution in [0.25, 0.3) is 0 Å². The van der Waals surface area contributed by atoms with Crippen molar-refractivity contribution in [1.29, 1.82) is 0 Å². The van der Waals surface area contributed by atoms with Crippen molar-refractivity contribution in [3.63, 3.8) is 0 Å². The second-order valence-electron chi connectivity index (χ2n) is 5.31. The minimum Gasteiger partial charge on any atom is -0.210 e. The fourth-order valence-electron chi connectivity index (χ4n) is 3.01. The van der Waals surface area contributed by atoms with E-state index in [1.807, 2.05) is 6.92 Å². The molecule has 0 unspecified atom stereocenters. The molecule has 0 aromatic carbocycles. The van der Waals surface area contributed by atoms with Crippen LogP contribution in [0.3, 0.4) is 0 Å². The lowest BCUT2D eigenvalue weighted by atomic mass is 9.75. The molecule has 0 saturated carbocycles. The first-order valence-electron chi connectivity index (χ1n) is 6.49. The predicted octanol–water partition coefficient (Wildman–Crippen LogP) is 5.19. The minimum atomic E-state index is -2.16. The lowest BCUT2D eigenvalue weighted by Gasteiger charge is -2.31. The summed E-state index contributed by atoms with van der Waals surface area (Å²) >= 11 is 0. The van der Waals surface area contributed by atoms with Crippen LogP contribution in [0.5, 0.6) is 0 Å². The molecule has 0 aromatic heterocycles. The monoisotopic (exact) mass is 230 g/mol. The summed E-state index contributed by atoms with van der Waals surface area (Å²) in [5.41, 5.74) is 1.47. The third kappa shape index (κ3) is 3.29. The molecule has 0 amide bonds. The average Bonchev–Trinajstić information content (AvgIpc) is 2.57. The Morgan fingerprint density at radius 1 is 1.38 bits per heavy atom. The largest absolute Gasteiger partial charge is 0.241 e.